The van der Waals surface area contributed by atoms with Gasteiger partial charge in [-0.15, -0.1) is 0 Å². The van der Waals surface area contributed by atoms with Gasteiger partial charge >= 0.3 is 5.97 Å². The van der Waals surface area contributed by atoms with Crippen LogP contribution in [0.3, 0.4) is 0 Å². The first-order valence-corrected chi connectivity index (χ1v) is 10.9. The van der Waals surface area contributed by atoms with Crippen molar-refractivity contribution in [1.82, 2.24) is 9.97 Å². The number of aromatic nitrogens is 2. The fraction of sp³-hybridized carbons (Fsp3) is 0.480. The van der Waals surface area contributed by atoms with Gasteiger partial charge in [0, 0.05) is 36.1 Å². The number of ether oxygens (including phenoxy) is 1. The van der Waals surface area contributed by atoms with Crippen molar-refractivity contribution in [2.75, 3.05) is 18.0 Å². The highest BCUT2D eigenvalue weighted by atomic mass is 16.5. The maximum absolute atomic E-state index is 11.6. The van der Waals surface area contributed by atoms with Gasteiger partial charge in [0.1, 0.15) is 11.9 Å². The molecule has 1 aliphatic heterocycles. The van der Waals surface area contributed by atoms with Gasteiger partial charge in [-0.2, -0.15) is 0 Å². The smallest absolute Gasteiger partial charge is 0.307 e. The van der Waals surface area contributed by atoms with Gasteiger partial charge in [-0.3, -0.25) is 14.8 Å². The van der Waals surface area contributed by atoms with Gasteiger partial charge in [0.25, 0.3) is 0 Å². The molecule has 1 saturated heterocycles. The Labute approximate surface area is 185 Å². The molecule has 2 aromatic rings. The summed E-state index contributed by atoms with van der Waals surface area (Å²) < 4.78 is 5.88. The molecule has 1 aliphatic rings. The normalized spacial score (nSPS) is 16.6. The van der Waals surface area contributed by atoms with E-state index in [0.29, 0.717) is 11.2 Å². The van der Waals surface area contributed by atoms with E-state index in [4.69, 9.17) is 4.74 Å². The Hall–Kier alpha value is -2.89. The number of hydrogen-bond acceptors (Lipinski definition) is 5. The molecule has 1 unspecified atom stereocenters. The number of pyridine rings is 2. The molecule has 2 aromatic heterocycles. The molecule has 6 nitrogen and oxygen atoms in total. The molecule has 1 atom stereocenters. The second kappa shape index (κ2) is 9.50. The van der Waals surface area contributed by atoms with Crippen molar-refractivity contribution in [2.45, 2.75) is 59.5 Å². The van der Waals surface area contributed by atoms with E-state index in [9.17, 15) is 9.90 Å². The fourth-order valence-corrected chi connectivity index (χ4v) is 3.96. The zero-order chi connectivity index (χ0) is 22.6. The molecule has 0 bridgehead atoms. The van der Waals surface area contributed by atoms with Crippen LogP contribution in [-0.2, 0) is 11.2 Å². The topological polar surface area (TPSA) is 75.6 Å². The van der Waals surface area contributed by atoms with Crippen LogP contribution in [0.25, 0.3) is 11.3 Å². The van der Waals surface area contributed by atoms with Crippen molar-refractivity contribution in [1.29, 1.82) is 0 Å². The number of hydrogen-bond donors (Lipinski definition) is 1. The zero-order valence-electron chi connectivity index (χ0n) is 19.0. The Bertz CT molecular complexity index is 928. The van der Waals surface area contributed by atoms with Crippen molar-refractivity contribution >= 4 is 11.7 Å². The Morgan fingerprint density at radius 1 is 1.29 bits per heavy atom. The summed E-state index contributed by atoms with van der Waals surface area (Å²) in [5, 5.41) is 9.54. The van der Waals surface area contributed by atoms with Crippen LogP contribution in [0.15, 0.2) is 37.2 Å². The predicted octanol–water partition coefficient (Wildman–Crippen LogP) is 5.05. The van der Waals surface area contributed by atoms with Gasteiger partial charge in [0.05, 0.1) is 24.0 Å². The third kappa shape index (κ3) is 5.43. The average Bonchev–Trinajstić information content (AvgIpc) is 2.74. The van der Waals surface area contributed by atoms with Crippen molar-refractivity contribution in [2.24, 2.45) is 5.41 Å². The summed E-state index contributed by atoms with van der Waals surface area (Å²) in [7, 11) is 0. The van der Waals surface area contributed by atoms with Crippen molar-refractivity contribution < 1.29 is 14.6 Å². The molecule has 0 spiro atoms. The number of aliphatic carboxylic acids is 1. The number of nitrogens with zero attached hydrogens (tertiary/aromatic N) is 3. The first kappa shape index (κ1) is 22.8. The number of carboxylic acids is 1. The van der Waals surface area contributed by atoms with Crippen LogP contribution in [0, 0.1) is 12.3 Å². The van der Waals surface area contributed by atoms with Crippen LogP contribution in [0.4, 0.5) is 5.69 Å². The van der Waals surface area contributed by atoms with E-state index in [1.807, 2.05) is 32.2 Å². The lowest BCUT2D eigenvalue weighted by Crippen LogP contribution is -2.38. The SMILES string of the molecule is C=CC(CC)Oc1ccc(-c2cnc(C)c(CC(=O)O)c2N2CCC(C)(C)CC2)nc1. The largest absolute Gasteiger partial charge is 0.485 e. The van der Waals surface area contributed by atoms with Crippen LogP contribution in [0.1, 0.15) is 51.3 Å². The Balaban J connectivity index is 2.01. The van der Waals surface area contributed by atoms with Gasteiger partial charge < -0.3 is 14.7 Å². The molecule has 0 saturated carbocycles. The third-order valence-electron chi connectivity index (χ3n) is 6.09. The maximum atomic E-state index is 11.6. The molecule has 31 heavy (non-hydrogen) atoms. The first-order chi connectivity index (χ1) is 14.7. The van der Waals surface area contributed by atoms with Gasteiger partial charge in [-0.25, -0.2) is 0 Å². The predicted molar refractivity (Wildman–Crippen MR) is 124 cm³/mol. The van der Waals surface area contributed by atoms with Crippen LogP contribution in [-0.4, -0.2) is 40.2 Å². The average molecular weight is 424 g/mol. The molecule has 1 fully saturated rings. The molecule has 1 N–H and O–H groups in total. The number of aryl methyl sites for hydroxylation is 1. The lowest BCUT2D eigenvalue weighted by Gasteiger charge is -2.40. The van der Waals surface area contributed by atoms with E-state index in [0.717, 1.165) is 60.6 Å². The van der Waals surface area contributed by atoms with Crippen molar-refractivity contribution in [3.05, 3.63) is 48.4 Å². The number of rotatable bonds is 8. The van der Waals surface area contributed by atoms with E-state index >= 15 is 0 Å². The van der Waals surface area contributed by atoms with Gasteiger partial charge in [0.15, 0.2) is 0 Å². The third-order valence-corrected chi connectivity index (χ3v) is 6.09. The molecule has 0 aliphatic carbocycles. The van der Waals surface area contributed by atoms with E-state index < -0.39 is 5.97 Å². The lowest BCUT2D eigenvalue weighted by atomic mass is 9.82. The maximum Gasteiger partial charge on any atom is 0.307 e. The van der Waals surface area contributed by atoms with E-state index in [1.54, 1.807) is 12.3 Å². The van der Waals surface area contributed by atoms with Gasteiger partial charge in [-0.05, 0) is 43.7 Å². The summed E-state index contributed by atoms with van der Waals surface area (Å²) in [5.41, 5.74) is 4.39. The molecule has 6 heteroatoms. The molecule has 166 valence electrons. The standard InChI is InChI=1S/C25H33N3O3/c1-6-18(7-2)31-19-8-9-22(27-15-19)21-16-26-17(3)20(14-23(29)30)24(21)28-12-10-25(4,5)11-13-28/h6,8-9,15-16,18H,1,7,10-14H2,2-5H3,(H,29,30). The molecule has 0 radical (unpaired) electrons. The van der Waals surface area contributed by atoms with E-state index in [-0.39, 0.29) is 12.5 Å². The fourth-order valence-electron chi connectivity index (χ4n) is 3.96. The number of piperidine rings is 1. The summed E-state index contributed by atoms with van der Waals surface area (Å²) in [6, 6.07) is 3.81. The molecule has 3 heterocycles. The molecular weight excluding hydrogens is 390 g/mol. The minimum atomic E-state index is -0.854. The first-order valence-electron chi connectivity index (χ1n) is 10.9. The van der Waals surface area contributed by atoms with Crippen LogP contribution < -0.4 is 9.64 Å². The number of anilines is 1. The second-order valence-corrected chi connectivity index (χ2v) is 8.99. The summed E-state index contributed by atoms with van der Waals surface area (Å²) in [6.07, 6.45) is 8.15. The summed E-state index contributed by atoms with van der Waals surface area (Å²) in [4.78, 5) is 23.1. The number of carboxylic acid groups (broad SMARTS) is 1. The zero-order valence-corrected chi connectivity index (χ0v) is 19.0. The van der Waals surface area contributed by atoms with Crippen molar-refractivity contribution in [3.8, 4) is 17.0 Å². The summed E-state index contributed by atoms with van der Waals surface area (Å²) in [5.74, 6) is -0.171. The monoisotopic (exact) mass is 423 g/mol. The summed E-state index contributed by atoms with van der Waals surface area (Å²) in [6.45, 7) is 14.1. The van der Waals surface area contributed by atoms with Crippen LogP contribution in [0.5, 0.6) is 5.75 Å². The quantitative estimate of drug-likeness (QED) is 0.599. The van der Waals surface area contributed by atoms with Gasteiger partial charge in [-0.1, -0.05) is 33.4 Å². The highest BCUT2D eigenvalue weighted by Crippen LogP contribution is 2.39. The highest BCUT2D eigenvalue weighted by Gasteiger charge is 2.29. The van der Waals surface area contributed by atoms with E-state index in [1.165, 1.54) is 0 Å². The number of carbonyl (C=O) groups is 1. The lowest BCUT2D eigenvalue weighted by molar-refractivity contribution is -0.136. The van der Waals surface area contributed by atoms with Crippen LogP contribution in [0.2, 0.25) is 0 Å². The van der Waals surface area contributed by atoms with Crippen LogP contribution >= 0.6 is 0 Å². The minimum Gasteiger partial charge on any atom is -0.485 e. The second-order valence-electron chi connectivity index (χ2n) is 8.99. The molecule has 3 rings (SSSR count). The minimum absolute atomic E-state index is 0.0527. The molecular formula is C25H33N3O3. The molecule has 0 aromatic carbocycles. The summed E-state index contributed by atoms with van der Waals surface area (Å²) >= 11 is 0. The van der Waals surface area contributed by atoms with Gasteiger partial charge in [0.2, 0.25) is 0 Å². The Morgan fingerprint density at radius 3 is 2.55 bits per heavy atom. The Morgan fingerprint density at radius 2 is 2.00 bits per heavy atom. The van der Waals surface area contributed by atoms with E-state index in [2.05, 4.69) is 35.3 Å². The Kier molecular flexibility index (Phi) is 6.98. The highest BCUT2D eigenvalue weighted by molar-refractivity contribution is 5.83. The van der Waals surface area contributed by atoms with Crippen molar-refractivity contribution in [3.63, 3.8) is 0 Å². The molecule has 0 amide bonds.